The molecule has 0 aliphatic heterocycles. The number of hydrogen-bond donors (Lipinski definition) is 1. The summed E-state index contributed by atoms with van der Waals surface area (Å²) in [6, 6.07) is 22.4. The first-order valence-corrected chi connectivity index (χ1v) is 14.8. The van der Waals surface area contributed by atoms with Gasteiger partial charge in [0.15, 0.2) is 16.7 Å². The summed E-state index contributed by atoms with van der Waals surface area (Å²) in [6.07, 6.45) is 5.43. The fourth-order valence-corrected chi connectivity index (χ4v) is 6.75. The molecule has 2 aromatic carbocycles. The third kappa shape index (κ3) is 7.75. The maximum Gasteiger partial charge on any atom is 0.188 e. The molecule has 0 radical (unpaired) electrons. The fraction of sp³-hybridized carbons (Fsp3) is 0.100. The van der Waals surface area contributed by atoms with Gasteiger partial charge < -0.3 is 10.1 Å². The van der Waals surface area contributed by atoms with E-state index in [1.165, 1.54) is 33.9 Å². The third-order valence-corrected chi connectivity index (χ3v) is 8.91. The molecule has 4 heterocycles. The molecule has 0 fully saturated rings. The molecule has 0 saturated heterocycles. The number of ether oxygens (including phenoxy) is 1. The number of halogens is 3. The topological polar surface area (TPSA) is 59.9 Å². The number of aryl methyl sites for hydroxylation is 3. The first-order valence-electron chi connectivity index (χ1n) is 12.3. The molecule has 6 aromatic rings. The number of benzene rings is 2. The molecule has 41 heavy (non-hydrogen) atoms. The zero-order chi connectivity index (χ0) is 26.6. The lowest BCUT2D eigenvalue weighted by Gasteiger charge is -2.13. The Morgan fingerprint density at radius 1 is 0.951 bits per heavy atom. The number of rotatable bonds is 9. The van der Waals surface area contributed by atoms with Crippen LogP contribution in [0.3, 0.4) is 0 Å². The highest BCUT2D eigenvalue weighted by molar-refractivity contribution is 7.99. The number of pyridine rings is 2. The molecule has 1 N–H and O–H groups in total. The molecule has 0 atom stereocenters. The van der Waals surface area contributed by atoms with E-state index in [4.69, 9.17) is 14.7 Å². The Labute approximate surface area is 262 Å². The molecule has 6 rings (SSSR count). The van der Waals surface area contributed by atoms with E-state index in [2.05, 4.69) is 52.9 Å². The molecule has 0 saturated carbocycles. The monoisotopic (exact) mass is 642 g/mol. The van der Waals surface area contributed by atoms with Crippen molar-refractivity contribution in [1.82, 2.24) is 15.0 Å². The Morgan fingerprint density at radius 2 is 1.76 bits per heavy atom. The number of nitrogens with zero attached hydrogens (tertiary/aromatic N) is 3. The van der Waals surface area contributed by atoms with Crippen LogP contribution in [0, 0.1) is 12.7 Å². The number of anilines is 2. The van der Waals surface area contributed by atoms with Crippen molar-refractivity contribution in [2.45, 2.75) is 29.6 Å². The first-order chi connectivity index (χ1) is 19.1. The van der Waals surface area contributed by atoms with Crippen LogP contribution < -0.4 is 10.1 Å². The second-order valence-corrected chi connectivity index (χ2v) is 12.0. The largest absolute Gasteiger partial charge is 0.453 e. The van der Waals surface area contributed by atoms with E-state index in [0.717, 1.165) is 43.7 Å². The fourth-order valence-electron chi connectivity index (χ4n) is 4.02. The average molecular weight is 644 g/mol. The standard InChI is InChI=1S/C30H23FN4OS3.2ClH/c1-19-15-25-28(38-19)27(13-14-32-25)39-24-16-26(36-23-11-8-21(31)9-12-23)29(33-17-24)35-30-34-22(18-37-30)10-7-20-5-3-2-4-6-20;;/h2-6,8-9,11-18H,7,10H2,1H3,(H,33,34,35);2*1H. The number of nitrogens with one attached hydrogen (secondary N) is 1. The van der Waals surface area contributed by atoms with Gasteiger partial charge in [0.05, 0.1) is 15.9 Å². The van der Waals surface area contributed by atoms with Gasteiger partial charge in [0.2, 0.25) is 0 Å². The summed E-state index contributed by atoms with van der Waals surface area (Å²) in [6.45, 7) is 2.09. The lowest BCUT2D eigenvalue weighted by Crippen LogP contribution is -1.98. The molecule has 11 heteroatoms. The summed E-state index contributed by atoms with van der Waals surface area (Å²) in [4.78, 5) is 17.2. The number of thiazole rings is 1. The average Bonchev–Trinajstić information content (AvgIpc) is 3.57. The van der Waals surface area contributed by atoms with E-state index in [1.54, 1.807) is 35.2 Å². The molecule has 0 aliphatic rings. The zero-order valence-corrected chi connectivity index (χ0v) is 25.8. The van der Waals surface area contributed by atoms with Crippen molar-refractivity contribution < 1.29 is 9.13 Å². The Kier molecular flexibility index (Phi) is 10.6. The lowest BCUT2D eigenvalue weighted by atomic mass is 10.1. The maximum absolute atomic E-state index is 13.5. The highest BCUT2D eigenvalue weighted by Crippen LogP contribution is 2.40. The minimum Gasteiger partial charge on any atom is -0.453 e. The van der Waals surface area contributed by atoms with Crippen LogP contribution in [-0.4, -0.2) is 15.0 Å². The Balaban J connectivity index is 0.00000194. The van der Waals surface area contributed by atoms with Gasteiger partial charge in [0.1, 0.15) is 11.6 Å². The van der Waals surface area contributed by atoms with E-state index in [9.17, 15) is 4.39 Å². The predicted octanol–water partition coefficient (Wildman–Crippen LogP) is 9.91. The molecular weight excluding hydrogens is 618 g/mol. The van der Waals surface area contributed by atoms with Gasteiger partial charge >= 0.3 is 0 Å². The van der Waals surface area contributed by atoms with E-state index >= 15 is 0 Å². The second-order valence-electron chi connectivity index (χ2n) is 8.81. The lowest BCUT2D eigenvalue weighted by molar-refractivity contribution is 0.479. The van der Waals surface area contributed by atoms with Gasteiger partial charge in [0, 0.05) is 38.5 Å². The van der Waals surface area contributed by atoms with Crippen molar-refractivity contribution in [2.75, 3.05) is 5.32 Å². The van der Waals surface area contributed by atoms with Crippen molar-refractivity contribution >= 4 is 80.4 Å². The molecule has 0 amide bonds. The smallest absolute Gasteiger partial charge is 0.188 e. The summed E-state index contributed by atoms with van der Waals surface area (Å²) in [5, 5.41) is 6.13. The van der Waals surface area contributed by atoms with Crippen LogP contribution in [-0.2, 0) is 12.8 Å². The zero-order valence-electron chi connectivity index (χ0n) is 21.7. The van der Waals surface area contributed by atoms with Crippen molar-refractivity contribution in [3.05, 3.63) is 113 Å². The van der Waals surface area contributed by atoms with E-state index < -0.39 is 0 Å². The minimum atomic E-state index is -0.318. The van der Waals surface area contributed by atoms with Crippen LogP contribution >= 0.6 is 59.2 Å². The number of hydrogen-bond acceptors (Lipinski definition) is 8. The SMILES string of the molecule is Cc1cc2nccc(Sc3cnc(Nc4nc(CCc5ccccc5)cs4)c(Oc4ccc(F)cc4)c3)c2s1.Cl.Cl. The predicted molar refractivity (Wildman–Crippen MR) is 173 cm³/mol. The molecule has 5 nitrogen and oxygen atoms in total. The second kappa shape index (κ2) is 14.1. The van der Waals surface area contributed by atoms with Crippen LogP contribution in [0.2, 0.25) is 0 Å². The summed E-state index contributed by atoms with van der Waals surface area (Å²) < 4.78 is 20.8. The van der Waals surface area contributed by atoms with Gasteiger partial charge in [0.25, 0.3) is 0 Å². The van der Waals surface area contributed by atoms with Crippen LogP contribution in [0.1, 0.15) is 16.1 Å². The van der Waals surface area contributed by atoms with Crippen LogP contribution in [0.15, 0.2) is 100 Å². The quantitative estimate of drug-likeness (QED) is 0.169. The van der Waals surface area contributed by atoms with E-state index in [0.29, 0.717) is 17.3 Å². The number of thiophene rings is 1. The van der Waals surface area contributed by atoms with Gasteiger partial charge in [-0.25, -0.2) is 14.4 Å². The highest BCUT2D eigenvalue weighted by Gasteiger charge is 2.14. The van der Waals surface area contributed by atoms with E-state index in [-0.39, 0.29) is 30.6 Å². The molecular formula is C30H25Cl2FN4OS3. The van der Waals surface area contributed by atoms with Gasteiger partial charge in [-0.2, -0.15) is 0 Å². The van der Waals surface area contributed by atoms with Gasteiger partial charge in [-0.3, -0.25) is 4.98 Å². The van der Waals surface area contributed by atoms with Gasteiger partial charge in [-0.05, 0) is 61.7 Å². The Hall–Kier alpha value is -3.21. The van der Waals surface area contributed by atoms with E-state index in [1.807, 2.05) is 30.6 Å². The summed E-state index contributed by atoms with van der Waals surface area (Å²) in [7, 11) is 0. The molecule has 0 aliphatic carbocycles. The molecule has 210 valence electrons. The number of fused-ring (bicyclic) bond motifs is 1. The van der Waals surface area contributed by atoms with Crippen molar-refractivity contribution in [2.24, 2.45) is 0 Å². The van der Waals surface area contributed by atoms with Crippen molar-refractivity contribution in [3.63, 3.8) is 0 Å². The summed E-state index contributed by atoms with van der Waals surface area (Å²) >= 11 is 4.86. The number of aromatic nitrogens is 3. The maximum atomic E-state index is 13.5. The first kappa shape index (κ1) is 30.7. The van der Waals surface area contributed by atoms with Gasteiger partial charge in [-0.15, -0.1) is 47.5 Å². The van der Waals surface area contributed by atoms with Crippen molar-refractivity contribution in [3.8, 4) is 11.5 Å². The summed E-state index contributed by atoms with van der Waals surface area (Å²) in [5.41, 5.74) is 3.30. The summed E-state index contributed by atoms with van der Waals surface area (Å²) in [5.74, 6) is 1.27. The molecule has 0 spiro atoms. The minimum absolute atomic E-state index is 0. The molecule has 4 aromatic heterocycles. The molecule has 0 unspecified atom stereocenters. The Morgan fingerprint density at radius 3 is 2.56 bits per heavy atom. The highest BCUT2D eigenvalue weighted by atomic mass is 35.5. The van der Waals surface area contributed by atoms with Crippen LogP contribution in [0.4, 0.5) is 15.3 Å². The van der Waals surface area contributed by atoms with Crippen molar-refractivity contribution in [1.29, 1.82) is 0 Å². The third-order valence-electron chi connectivity index (χ3n) is 5.89. The van der Waals surface area contributed by atoms with Gasteiger partial charge in [-0.1, -0.05) is 42.1 Å². The molecule has 0 bridgehead atoms. The van der Waals surface area contributed by atoms with Crippen LogP contribution in [0.5, 0.6) is 11.5 Å². The normalized spacial score (nSPS) is 10.6. The Bertz CT molecular complexity index is 1730. The van der Waals surface area contributed by atoms with Crippen LogP contribution in [0.25, 0.3) is 10.2 Å².